The van der Waals surface area contributed by atoms with E-state index in [2.05, 4.69) is 27.6 Å². The number of nitrogens with one attached hydrogen (secondary N) is 2. The fourth-order valence-electron chi connectivity index (χ4n) is 2.36. The molecule has 2 heterocycles. The highest BCUT2D eigenvalue weighted by atomic mass is 15.2. The predicted molar refractivity (Wildman–Crippen MR) is 78.2 cm³/mol. The average molecular weight is 262 g/mol. The van der Waals surface area contributed by atoms with Gasteiger partial charge in [-0.3, -0.25) is 0 Å². The van der Waals surface area contributed by atoms with Crippen LogP contribution >= 0.6 is 0 Å². The topological polar surface area (TPSA) is 101 Å². The van der Waals surface area contributed by atoms with Gasteiger partial charge in [-0.15, -0.1) is 0 Å². The molecule has 19 heavy (non-hydrogen) atoms. The first kappa shape index (κ1) is 13.6. The van der Waals surface area contributed by atoms with Crippen LogP contribution in [0, 0.1) is 6.92 Å². The number of pyridine rings is 1. The van der Waals surface area contributed by atoms with E-state index in [0.717, 1.165) is 43.0 Å². The molecule has 6 heteroatoms. The lowest BCUT2D eigenvalue weighted by Gasteiger charge is -2.27. The van der Waals surface area contributed by atoms with Crippen LogP contribution in [0.5, 0.6) is 0 Å². The summed E-state index contributed by atoms with van der Waals surface area (Å²) in [5.41, 5.74) is 8.63. The Hall–Kier alpha value is -1.82. The maximum Gasteiger partial charge on any atom is 0.152 e. The zero-order chi connectivity index (χ0) is 13.8. The van der Waals surface area contributed by atoms with E-state index in [0.29, 0.717) is 11.9 Å². The Morgan fingerprint density at radius 3 is 3.11 bits per heavy atom. The van der Waals surface area contributed by atoms with Gasteiger partial charge in [0.05, 0.1) is 5.69 Å². The molecule has 0 bridgehead atoms. The maximum absolute atomic E-state index is 5.78. The number of amidine groups is 1. The Kier molecular flexibility index (Phi) is 4.21. The van der Waals surface area contributed by atoms with Gasteiger partial charge in [0.15, 0.2) is 5.84 Å². The Bertz CT molecular complexity index is 482. The minimum Gasteiger partial charge on any atom is -0.382 e. The average Bonchev–Trinajstić information content (AvgIpc) is 2.43. The van der Waals surface area contributed by atoms with Crippen LogP contribution in [0.4, 0.5) is 5.82 Å². The number of nitrogens with zero attached hydrogens (tertiary/aromatic N) is 2. The second-order valence-electron chi connectivity index (χ2n) is 4.83. The Morgan fingerprint density at radius 2 is 2.42 bits per heavy atom. The van der Waals surface area contributed by atoms with Crippen molar-refractivity contribution in [1.82, 2.24) is 10.3 Å². The highest BCUT2D eigenvalue weighted by molar-refractivity contribution is 5.98. The summed E-state index contributed by atoms with van der Waals surface area (Å²) >= 11 is 0. The first-order chi connectivity index (χ1) is 9.15. The third-order valence-electron chi connectivity index (χ3n) is 3.45. The Balaban J connectivity index is 2.21. The van der Waals surface area contributed by atoms with Crippen molar-refractivity contribution < 1.29 is 0 Å². The van der Waals surface area contributed by atoms with Gasteiger partial charge in [0.25, 0.3) is 0 Å². The van der Waals surface area contributed by atoms with Crippen molar-refractivity contribution in [1.29, 1.82) is 0 Å². The summed E-state index contributed by atoms with van der Waals surface area (Å²) < 4.78 is 0. The number of aromatic nitrogens is 1. The van der Waals surface area contributed by atoms with E-state index in [9.17, 15) is 0 Å². The molecule has 1 atom stereocenters. The number of hydrogen-bond acceptors (Lipinski definition) is 5. The van der Waals surface area contributed by atoms with Crippen LogP contribution in [0.2, 0.25) is 0 Å². The van der Waals surface area contributed by atoms with Crippen LogP contribution in [0.15, 0.2) is 11.2 Å². The van der Waals surface area contributed by atoms with Crippen molar-refractivity contribution in [3.8, 4) is 0 Å². The molecule has 0 spiro atoms. The first-order valence-electron chi connectivity index (χ1n) is 6.67. The first-order valence-corrected chi connectivity index (χ1v) is 6.67. The van der Waals surface area contributed by atoms with Gasteiger partial charge >= 0.3 is 0 Å². The number of hydrazone groups is 1. The van der Waals surface area contributed by atoms with Crippen LogP contribution in [0.3, 0.4) is 0 Å². The van der Waals surface area contributed by atoms with E-state index >= 15 is 0 Å². The molecule has 2 rings (SSSR count). The van der Waals surface area contributed by atoms with Crippen LogP contribution in [-0.2, 0) is 6.42 Å². The smallest absolute Gasteiger partial charge is 0.152 e. The molecule has 104 valence electrons. The predicted octanol–water partition coefficient (Wildman–Crippen LogP) is 0.305. The van der Waals surface area contributed by atoms with Gasteiger partial charge in [0.1, 0.15) is 5.82 Å². The molecule has 0 aromatic carbocycles. The van der Waals surface area contributed by atoms with Crippen molar-refractivity contribution >= 4 is 11.7 Å². The molecule has 1 aromatic heterocycles. The van der Waals surface area contributed by atoms with Crippen molar-refractivity contribution in [3.63, 3.8) is 0 Å². The monoisotopic (exact) mass is 262 g/mol. The minimum absolute atomic E-state index is 0.336. The number of nitrogens with two attached hydrogens (primary N) is 2. The lowest BCUT2D eigenvalue weighted by atomic mass is 9.98. The summed E-state index contributed by atoms with van der Waals surface area (Å²) in [7, 11) is 0. The molecule has 0 aliphatic carbocycles. The lowest BCUT2D eigenvalue weighted by molar-refractivity contribution is 0.567. The summed E-state index contributed by atoms with van der Waals surface area (Å²) in [5, 5.41) is 10.4. The molecular weight excluding hydrogens is 240 g/mol. The largest absolute Gasteiger partial charge is 0.382 e. The molecule has 0 saturated heterocycles. The molecule has 6 nitrogen and oxygen atoms in total. The summed E-state index contributed by atoms with van der Waals surface area (Å²) in [4.78, 5) is 4.59. The molecule has 0 fully saturated rings. The maximum atomic E-state index is 5.78. The fourth-order valence-corrected chi connectivity index (χ4v) is 2.36. The van der Waals surface area contributed by atoms with Gasteiger partial charge in [-0.1, -0.05) is 6.92 Å². The van der Waals surface area contributed by atoms with Gasteiger partial charge in [0.2, 0.25) is 0 Å². The zero-order valence-corrected chi connectivity index (χ0v) is 11.5. The highest BCUT2D eigenvalue weighted by Gasteiger charge is 2.20. The van der Waals surface area contributed by atoms with Crippen molar-refractivity contribution in [2.24, 2.45) is 16.7 Å². The van der Waals surface area contributed by atoms with E-state index in [4.69, 9.17) is 11.6 Å². The third-order valence-corrected chi connectivity index (χ3v) is 3.45. The third kappa shape index (κ3) is 2.96. The van der Waals surface area contributed by atoms with Crippen LogP contribution in [0.25, 0.3) is 0 Å². The van der Waals surface area contributed by atoms with E-state index in [1.807, 2.05) is 13.0 Å². The molecule has 1 aliphatic rings. The Morgan fingerprint density at radius 1 is 1.63 bits per heavy atom. The van der Waals surface area contributed by atoms with Gasteiger partial charge in [-0.05, 0) is 37.9 Å². The molecule has 0 radical (unpaired) electrons. The molecule has 0 saturated carbocycles. The van der Waals surface area contributed by atoms with Gasteiger partial charge < -0.3 is 22.2 Å². The van der Waals surface area contributed by atoms with E-state index in [-0.39, 0.29) is 0 Å². The van der Waals surface area contributed by atoms with Gasteiger partial charge in [0, 0.05) is 18.2 Å². The van der Waals surface area contributed by atoms with Crippen LogP contribution < -0.4 is 22.2 Å². The number of rotatable bonds is 4. The number of anilines is 1. The van der Waals surface area contributed by atoms with E-state index < -0.39 is 0 Å². The van der Waals surface area contributed by atoms with Crippen LogP contribution in [0.1, 0.15) is 30.2 Å². The molecule has 1 aromatic rings. The number of aryl methyl sites for hydroxylation is 2. The minimum atomic E-state index is 0.336. The molecular formula is C13H22N6. The lowest BCUT2D eigenvalue weighted by Crippen LogP contribution is -2.36. The van der Waals surface area contributed by atoms with Crippen molar-refractivity contribution in [3.05, 3.63) is 22.9 Å². The highest BCUT2D eigenvalue weighted by Crippen LogP contribution is 2.25. The Labute approximate surface area is 113 Å². The summed E-state index contributed by atoms with van der Waals surface area (Å²) in [6, 6.07) is 2.48. The summed E-state index contributed by atoms with van der Waals surface area (Å²) in [6.45, 7) is 5.98. The number of likely N-dealkylation sites (N-methyl/N-ethyl adjacent to an activating group) is 1. The molecule has 1 aliphatic heterocycles. The SMILES string of the molecule is CCNCC1CCc2cc(/C(N)=N/N)c(C)nc2N1. The second-order valence-corrected chi connectivity index (χ2v) is 4.83. The van der Waals surface area contributed by atoms with Crippen molar-refractivity contribution in [2.75, 3.05) is 18.4 Å². The number of hydrogen-bond donors (Lipinski definition) is 4. The quantitative estimate of drug-likeness (QED) is 0.271. The summed E-state index contributed by atoms with van der Waals surface area (Å²) in [5.74, 6) is 6.53. The number of fused-ring (bicyclic) bond motifs is 1. The van der Waals surface area contributed by atoms with E-state index in [1.54, 1.807) is 0 Å². The van der Waals surface area contributed by atoms with Crippen molar-refractivity contribution in [2.45, 2.75) is 32.7 Å². The van der Waals surface area contributed by atoms with Gasteiger partial charge in [-0.25, -0.2) is 4.98 Å². The molecule has 0 amide bonds. The normalized spacial score (nSPS) is 18.8. The fraction of sp³-hybridized carbons (Fsp3) is 0.538. The molecule has 1 unspecified atom stereocenters. The molecule has 6 N–H and O–H groups in total. The zero-order valence-electron chi connectivity index (χ0n) is 11.5. The summed E-state index contributed by atoms with van der Waals surface area (Å²) in [6.07, 6.45) is 2.08. The standard InChI is InChI=1S/C13H22N6/c1-3-16-7-10-5-4-9-6-11(12(14)19-15)8(2)17-13(9)18-10/h6,10,16H,3-5,7,15H2,1-2H3,(H2,14,19)(H,17,18). The van der Waals surface area contributed by atoms with E-state index in [1.165, 1.54) is 5.56 Å². The second kappa shape index (κ2) is 5.88. The van der Waals surface area contributed by atoms with Gasteiger partial charge in [-0.2, -0.15) is 5.10 Å². The van der Waals surface area contributed by atoms with Crippen LogP contribution in [-0.4, -0.2) is 30.0 Å².